The van der Waals surface area contributed by atoms with Crippen molar-refractivity contribution in [3.8, 4) is 0 Å². The molecule has 0 aliphatic carbocycles. The molecule has 96 valence electrons. The monoisotopic (exact) mass is 294 g/mol. The molecule has 2 rings (SSSR count). The van der Waals surface area contributed by atoms with Gasteiger partial charge in [-0.15, -0.1) is 12.4 Å². The highest BCUT2D eigenvalue weighted by Crippen LogP contribution is 2.12. The number of hydrogen-bond donors (Lipinski definition) is 1. The number of pyridine rings is 1. The van der Waals surface area contributed by atoms with E-state index in [9.17, 15) is 4.21 Å². The van der Waals surface area contributed by atoms with Gasteiger partial charge in [0.05, 0.1) is 5.75 Å². The molecule has 2 atom stereocenters. The van der Waals surface area contributed by atoms with Crippen LogP contribution >= 0.6 is 24.0 Å². The first-order valence-corrected chi connectivity index (χ1v) is 7.27. The van der Waals surface area contributed by atoms with Gasteiger partial charge in [0.15, 0.2) is 0 Å². The second-order valence-corrected chi connectivity index (χ2v) is 5.99. The van der Waals surface area contributed by atoms with Gasteiger partial charge in [0.1, 0.15) is 5.15 Å². The van der Waals surface area contributed by atoms with Crippen LogP contribution in [-0.2, 0) is 16.6 Å². The molecule has 0 amide bonds. The lowest BCUT2D eigenvalue weighted by Gasteiger charge is -2.07. The number of nitrogens with zero attached hydrogens (tertiary/aromatic N) is 1. The number of aromatic nitrogens is 1. The third kappa shape index (κ3) is 4.92. The van der Waals surface area contributed by atoms with E-state index in [-0.39, 0.29) is 12.4 Å². The van der Waals surface area contributed by atoms with Gasteiger partial charge in [-0.1, -0.05) is 17.7 Å². The lowest BCUT2D eigenvalue weighted by molar-refractivity contribution is 0.632. The predicted molar refractivity (Wildman–Crippen MR) is 74.2 cm³/mol. The molecule has 1 saturated heterocycles. The minimum absolute atomic E-state index is 0. The molecule has 17 heavy (non-hydrogen) atoms. The fourth-order valence-corrected chi connectivity index (χ4v) is 3.44. The van der Waals surface area contributed by atoms with E-state index in [2.05, 4.69) is 10.3 Å². The summed E-state index contributed by atoms with van der Waals surface area (Å²) in [7, 11) is -0.791. The highest BCUT2D eigenvalue weighted by atomic mass is 35.5. The number of halogens is 2. The van der Waals surface area contributed by atoms with Crippen molar-refractivity contribution >= 4 is 34.8 Å². The Morgan fingerprint density at radius 3 is 2.94 bits per heavy atom. The third-order valence-corrected chi connectivity index (χ3v) is 4.42. The first-order chi connectivity index (χ1) is 7.74. The molecule has 1 aliphatic heterocycles. The maximum atomic E-state index is 11.9. The average Bonchev–Trinajstić information content (AvgIpc) is 2.74. The average molecular weight is 295 g/mol. The van der Waals surface area contributed by atoms with E-state index in [0.717, 1.165) is 30.8 Å². The quantitative estimate of drug-likeness (QED) is 0.864. The Labute approximate surface area is 115 Å². The number of hydrogen-bond acceptors (Lipinski definition) is 3. The van der Waals surface area contributed by atoms with Crippen molar-refractivity contribution in [1.29, 1.82) is 0 Å². The van der Waals surface area contributed by atoms with Crippen molar-refractivity contribution in [2.24, 2.45) is 5.92 Å². The Kier molecular flexibility index (Phi) is 6.41. The van der Waals surface area contributed by atoms with Crippen LogP contribution in [0.2, 0.25) is 5.15 Å². The van der Waals surface area contributed by atoms with Crippen molar-refractivity contribution in [2.45, 2.75) is 12.2 Å². The molecular formula is C11H16Cl2N2OS. The van der Waals surface area contributed by atoms with Crippen molar-refractivity contribution < 1.29 is 4.21 Å². The van der Waals surface area contributed by atoms with Gasteiger partial charge in [0.2, 0.25) is 0 Å². The number of nitrogens with one attached hydrogen (secondary N) is 1. The highest BCUT2D eigenvalue weighted by Gasteiger charge is 2.17. The minimum Gasteiger partial charge on any atom is -0.316 e. The zero-order chi connectivity index (χ0) is 11.4. The normalized spacial score (nSPS) is 20.9. The van der Waals surface area contributed by atoms with E-state index in [0.29, 0.717) is 16.8 Å². The summed E-state index contributed by atoms with van der Waals surface area (Å²) in [6, 6.07) is 3.63. The van der Waals surface area contributed by atoms with E-state index in [4.69, 9.17) is 11.6 Å². The maximum Gasteiger partial charge on any atom is 0.129 e. The zero-order valence-electron chi connectivity index (χ0n) is 9.39. The Bertz CT molecular complexity index is 366. The molecule has 1 aromatic heterocycles. The maximum absolute atomic E-state index is 11.9. The topological polar surface area (TPSA) is 42.0 Å². The van der Waals surface area contributed by atoms with Crippen molar-refractivity contribution in [1.82, 2.24) is 10.3 Å². The van der Waals surface area contributed by atoms with Crippen LogP contribution < -0.4 is 5.32 Å². The smallest absolute Gasteiger partial charge is 0.129 e. The van der Waals surface area contributed by atoms with Crippen LogP contribution in [-0.4, -0.2) is 28.0 Å². The van der Waals surface area contributed by atoms with Gasteiger partial charge in [0.25, 0.3) is 0 Å². The van der Waals surface area contributed by atoms with E-state index < -0.39 is 10.8 Å². The fourth-order valence-electron chi connectivity index (χ4n) is 1.86. The zero-order valence-corrected chi connectivity index (χ0v) is 11.8. The molecule has 3 nitrogen and oxygen atoms in total. The summed E-state index contributed by atoms with van der Waals surface area (Å²) in [6.07, 6.45) is 2.84. The van der Waals surface area contributed by atoms with Gasteiger partial charge in [-0.25, -0.2) is 4.98 Å². The van der Waals surface area contributed by atoms with Crippen molar-refractivity contribution in [2.75, 3.05) is 18.8 Å². The van der Waals surface area contributed by atoms with Crippen molar-refractivity contribution in [3.63, 3.8) is 0 Å². The standard InChI is InChI=1S/C11H15ClN2OS.ClH/c12-11-2-1-9(6-14-11)7-16(15)8-10-3-4-13-5-10;/h1-2,6,10,13H,3-5,7-8H2;1H. The predicted octanol–water partition coefficient (Wildman–Crippen LogP) is 2.01. The molecule has 1 aromatic rings. The fraction of sp³-hybridized carbons (Fsp3) is 0.545. The van der Waals surface area contributed by atoms with E-state index >= 15 is 0 Å². The Morgan fingerprint density at radius 1 is 1.53 bits per heavy atom. The van der Waals surface area contributed by atoms with Crippen LogP contribution in [0.25, 0.3) is 0 Å². The van der Waals surface area contributed by atoms with Crippen LogP contribution in [0.1, 0.15) is 12.0 Å². The van der Waals surface area contributed by atoms with Crippen LogP contribution in [0, 0.1) is 5.92 Å². The first-order valence-electron chi connectivity index (χ1n) is 5.40. The summed E-state index contributed by atoms with van der Waals surface area (Å²) in [5.74, 6) is 1.94. The van der Waals surface area contributed by atoms with Crippen molar-refractivity contribution in [3.05, 3.63) is 29.0 Å². The summed E-state index contributed by atoms with van der Waals surface area (Å²) in [5, 5.41) is 3.77. The third-order valence-electron chi connectivity index (χ3n) is 2.70. The van der Waals surface area contributed by atoms with Crippen LogP contribution in [0.4, 0.5) is 0 Å². The largest absolute Gasteiger partial charge is 0.316 e. The van der Waals surface area contributed by atoms with E-state index in [1.807, 2.05) is 6.07 Å². The summed E-state index contributed by atoms with van der Waals surface area (Å²) in [5.41, 5.74) is 0.994. The van der Waals surface area contributed by atoms with Gasteiger partial charge in [-0.3, -0.25) is 4.21 Å². The molecule has 1 aliphatic rings. The van der Waals surface area contributed by atoms with E-state index in [1.165, 1.54) is 0 Å². The second-order valence-electron chi connectivity index (χ2n) is 4.10. The summed E-state index contributed by atoms with van der Waals surface area (Å²) in [6.45, 7) is 2.06. The van der Waals surface area contributed by atoms with Crippen LogP contribution in [0.3, 0.4) is 0 Å². The Balaban J connectivity index is 0.00000144. The summed E-state index contributed by atoms with van der Waals surface area (Å²) < 4.78 is 11.9. The lowest BCUT2D eigenvalue weighted by Crippen LogP contribution is -2.15. The van der Waals surface area contributed by atoms with E-state index in [1.54, 1.807) is 12.3 Å². The molecular weight excluding hydrogens is 279 g/mol. The second kappa shape index (κ2) is 7.31. The lowest BCUT2D eigenvalue weighted by atomic mass is 10.2. The van der Waals surface area contributed by atoms with Crippen LogP contribution in [0.5, 0.6) is 0 Å². The van der Waals surface area contributed by atoms with Gasteiger partial charge >= 0.3 is 0 Å². The molecule has 1 fully saturated rings. The van der Waals surface area contributed by atoms with Gasteiger partial charge in [-0.2, -0.15) is 0 Å². The Hall–Kier alpha value is -0.160. The number of rotatable bonds is 4. The minimum atomic E-state index is -0.791. The first kappa shape index (κ1) is 14.9. The van der Waals surface area contributed by atoms with Gasteiger partial charge < -0.3 is 5.32 Å². The van der Waals surface area contributed by atoms with Gasteiger partial charge in [0, 0.05) is 22.7 Å². The SMILES string of the molecule is Cl.O=S(Cc1ccc(Cl)nc1)CC1CCNC1. The highest BCUT2D eigenvalue weighted by molar-refractivity contribution is 7.84. The summed E-state index contributed by atoms with van der Waals surface area (Å²) >= 11 is 5.69. The molecule has 1 N–H and O–H groups in total. The van der Waals surface area contributed by atoms with Gasteiger partial charge in [-0.05, 0) is 37.1 Å². The molecule has 6 heteroatoms. The molecule has 0 radical (unpaired) electrons. The molecule has 0 spiro atoms. The molecule has 0 bridgehead atoms. The Morgan fingerprint density at radius 2 is 2.35 bits per heavy atom. The molecule has 0 saturated carbocycles. The molecule has 2 unspecified atom stereocenters. The van der Waals surface area contributed by atoms with Crippen LogP contribution in [0.15, 0.2) is 18.3 Å². The molecule has 0 aromatic carbocycles. The molecule has 2 heterocycles. The summed E-state index contributed by atoms with van der Waals surface area (Å²) in [4.78, 5) is 3.98.